The minimum absolute atomic E-state index is 0.00157. The maximum Gasteiger partial charge on any atom is 0.229 e. The molecule has 5 nitrogen and oxygen atoms in total. The Hall–Kier alpha value is -2.32. The van der Waals surface area contributed by atoms with Crippen molar-refractivity contribution in [1.82, 2.24) is 4.90 Å². The molecule has 5 heteroatoms. The minimum Gasteiger partial charge on any atom is -0.497 e. The van der Waals surface area contributed by atoms with Crippen LogP contribution in [0, 0.1) is 11.8 Å². The molecule has 1 fully saturated rings. The molecule has 0 saturated carbocycles. The Labute approximate surface area is 123 Å². The van der Waals surface area contributed by atoms with E-state index in [0.717, 1.165) is 11.1 Å². The van der Waals surface area contributed by atoms with Gasteiger partial charge in [0.2, 0.25) is 11.8 Å². The number of amides is 2. The van der Waals surface area contributed by atoms with Crippen LogP contribution in [-0.4, -0.2) is 35.5 Å². The normalized spacial score (nSPS) is 14.1. The molecule has 110 valence electrons. The van der Waals surface area contributed by atoms with Gasteiger partial charge < -0.3 is 9.84 Å². The minimum atomic E-state index is -0.155. The molecule has 1 heterocycles. The number of hydrogen-bond donors (Lipinski definition) is 1. The van der Waals surface area contributed by atoms with E-state index in [4.69, 9.17) is 9.84 Å². The van der Waals surface area contributed by atoms with Gasteiger partial charge in [0, 0.05) is 24.8 Å². The largest absolute Gasteiger partial charge is 0.497 e. The van der Waals surface area contributed by atoms with E-state index in [1.54, 1.807) is 25.3 Å². The molecule has 21 heavy (non-hydrogen) atoms. The fraction of sp³-hybridized carbons (Fsp3) is 0.375. The van der Waals surface area contributed by atoms with E-state index >= 15 is 0 Å². The Morgan fingerprint density at radius 1 is 1.29 bits per heavy atom. The smallest absolute Gasteiger partial charge is 0.229 e. The molecule has 0 spiro atoms. The zero-order valence-corrected chi connectivity index (χ0v) is 11.9. The van der Waals surface area contributed by atoms with Crippen LogP contribution in [0.15, 0.2) is 18.2 Å². The summed E-state index contributed by atoms with van der Waals surface area (Å²) < 4.78 is 5.18. The lowest BCUT2D eigenvalue weighted by molar-refractivity contribution is -0.139. The van der Waals surface area contributed by atoms with Gasteiger partial charge in [-0.15, -0.1) is 0 Å². The third kappa shape index (κ3) is 3.61. The average Bonchev–Trinajstić information content (AvgIpc) is 2.80. The predicted molar refractivity (Wildman–Crippen MR) is 76.4 cm³/mol. The van der Waals surface area contributed by atoms with E-state index in [9.17, 15) is 9.59 Å². The first-order valence-electron chi connectivity index (χ1n) is 6.75. The van der Waals surface area contributed by atoms with Crippen molar-refractivity contribution in [3.63, 3.8) is 0 Å². The van der Waals surface area contributed by atoms with Crippen molar-refractivity contribution in [3.05, 3.63) is 29.3 Å². The lowest BCUT2D eigenvalue weighted by Crippen LogP contribution is -2.28. The lowest BCUT2D eigenvalue weighted by atomic mass is 10.1. The number of ether oxygens (including phenoxy) is 1. The fourth-order valence-electron chi connectivity index (χ4n) is 2.13. The molecule has 0 aromatic heterocycles. The molecule has 1 aromatic rings. The van der Waals surface area contributed by atoms with Crippen molar-refractivity contribution in [1.29, 1.82) is 0 Å². The SMILES string of the molecule is COc1ccc(C#CCCO)c(CN2C(=O)CCC2=O)c1. The molecular weight excluding hydrogens is 270 g/mol. The molecule has 0 bridgehead atoms. The van der Waals surface area contributed by atoms with Crippen molar-refractivity contribution in [2.75, 3.05) is 13.7 Å². The zero-order valence-electron chi connectivity index (χ0n) is 11.9. The maximum absolute atomic E-state index is 11.7. The molecule has 0 aliphatic carbocycles. The number of hydrogen-bond acceptors (Lipinski definition) is 4. The van der Waals surface area contributed by atoms with Gasteiger partial charge in [-0.05, 0) is 23.8 Å². The van der Waals surface area contributed by atoms with Crippen molar-refractivity contribution < 1.29 is 19.4 Å². The highest BCUT2D eigenvalue weighted by molar-refractivity contribution is 6.01. The van der Waals surface area contributed by atoms with Crippen LogP contribution < -0.4 is 4.74 Å². The predicted octanol–water partition coefficient (Wildman–Crippen LogP) is 1.08. The second kappa shape index (κ2) is 6.91. The number of aliphatic hydroxyl groups excluding tert-OH is 1. The topological polar surface area (TPSA) is 66.8 Å². The monoisotopic (exact) mass is 287 g/mol. The first-order chi connectivity index (χ1) is 10.2. The quantitative estimate of drug-likeness (QED) is 0.664. The molecule has 1 aromatic carbocycles. The molecule has 0 radical (unpaired) electrons. The first kappa shape index (κ1) is 15.1. The molecular formula is C16H17NO4. The molecule has 1 N–H and O–H groups in total. The van der Waals surface area contributed by atoms with Crippen LogP contribution >= 0.6 is 0 Å². The zero-order chi connectivity index (χ0) is 15.2. The second-order valence-corrected chi connectivity index (χ2v) is 4.67. The Morgan fingerprint density at radius 3 is 2.62 bits per heavy atom. The molecule has 2 amide bonds. The van der Waals surface area contributed by atoms with Crippen molar-refractivity contribution in [2.24, 2.45) is 0 Å². The lowest BCUT2D eigenvalue weighted by Gasteiger charge is -2.15. The summed E-state index contributed by atoms with van der Waals surface area (Å²) in [6, 6.07) is 5.35. The fourth-order valence-corrected chi connectivity index (χ4v) is 2.13. The van der Waals surface area contributed by atoms with Gasteiger partial charge in [0.05, 0.1) is 20.3 Å². The number of imide groups is 1. The van der Waals surface area contributed by atoms with E-state index in [2.05, 4.69) is 11.8 Å². The second-order valence-electron chi connectivity index (χ2n) is 4.67. The summed E-state index contributed by atoms with van der Waals surface area (Å²) in [7, 11) is 1.56. The van der Waals surface area contributed by atoms with Crippen molar-refractivity contribution >= 4 is 11.8 Å². The molecule has 1 saturated heterocycles. The number of aliphatic hydroxyl groups is 1. The Morgan fingerprint density at radius 2 is 2.00 bits per heavy atom. The van der Waals surface area contributed by atoms with Crippen LogP contribution in [0.3, 0.4) is 0 Å². The van der Waals surface area contributed by atoms with Gasteiger partial charge in [0.25, 0.3) is 0 Å². The Balaban J connectivity index is 2.29. The number of benzene rings is 1. The highest BCUT2D eigenvalue weighted by Crippen LogP contribution is 2.22. The van der Waals surface area contributed by atoms with E-state index in [1.165, 1.54) is 4.90 Å². The number of carbonyl (C=O) groups is 2. The number of carbonyl (C=O) groups excluding carboxylic acids is 2. The van der Waals surface area contributed by atoms with E-state index in [1.807, 2.05) is 0 Å². The molecule has 1 aliphatic rings. The summed E-state index contributed by atoms with van der Waals surface area (Å²) in [5.41, 5.74) is 1.50. The summed E-state index contributed by atoms with van der Waals surface area (Å²) in [4.78, 5) is 24.7. The number of likely N-dealkylation sites (tertiary alicyclic amines) is 1. The van der Waals surface area contributed by atoms with Crippen molar-refractivity contribution in [2.45, 2.75) is 25.8 Å². The molecule has 2 rings (SSSR count). The van der Waals surface area contributed by atoms with Crippen LogP contribution in [0.25, 0.3) is 0 Å². The average molecular weight is 287 g/mol. The third-order valence-electron chi connectivity index (χ3n) is 3.26. The summed E-state index contributed by atoms with van der Waals surface area (Å²) in [6.45, 7) is 0.208. The third-order valence-corrected chi connectivity index (χ3v) is 3.26. The van der Waals surface area contributed by atoms with Gasteiger partial charge in [-0.25, -0.2) is 0 Å². The van der Waals surface area contributed by atoms with E-state index in [0.29, 0.717) is 12.2 Å². The van der Waals surface area contributed by atoms with E-state index in [-0.39, 0.29) is 37.8 Å². The van der Waals surface area contributed by atoms with Crippen LogP contribution in [0.5, 0.6) is 5.75 Å². The maximum atomic E-state index is 11.7. The van der Waals surface area contributed by atoms with Crippen molar-refractivity contribution in [3.8, 4) is 17.6 Å². The van der Waals surface area contributed by atoms with E-state index < -0.39 is 0 Å². The number of rotatable bonds is 4. The van der Waals surface area contributed by atoms with Gasteiger partial charge >= 0.3 is 0 Å². The highest BCUT2D eigenvalue weighted by Gasteiger charge is 2.29. The van der Waals surface area contributed by atoms with Crippen LogP contribution in [0.4, 0.5) is 0 Å². The Bertz CT molecular complexity index is 596. The van der Waals surface area contributed by atoms with Gasteiger partial charge in [0.1, 0.15) is 5.75 Å². The van der Waals surface area contributed by atoms with Crippen LogP contribution in [0.1, 0.15) is 30.4 Å². The summed E-state index contributed by atoms with van der Waals surface area (Å²) in [5.74, 6) is 6.14. The Kier molecular flexibility index (Phi) is 4.96. The summed E-state index contributed by atoms with van der Waals surface area (Å²) in [6.07, 6.45) is 0.926. The van der Waals surface area contributed by atoms with Gasteiger partial charge in [-0.2, -0.15) is 0 Å². The number of nitrogens with zero attached hydrogens (tertiary/aromatic N) is 1. The molecule has 1 aliphatic heterocycles. The standard InChI is InChI=1S/C16H17NO4/c1-21-14-6-5-12(4-2-3-9-18)13(10-14)11-17-15(19)7-8-16(17)20/h5-6,10,18H,3,7-9,11H2,1H3. The van der Waals surface area contributed by atoms with Gasteiger partial charge in [-0.3, -0.25) is 14.5 Å². The van der Waals surface area contributed by atoms with Gasteiger partial charge in [-0.1, -0.05) is 11.8 Å². The molecule has 0 unspecified atom stereocenters. The highest BCUT2D eigenvalue weighted by atomic mass is 16.5. The van der Waals surface area contributed by atoms with Gasteiger partial charge in [0.15, 0.2) is 0 Å². The molecule has 0 atom stereocenters. The first-order valence-corrected chi connectivity index (χ1v) is 6.75. The van der Waals surface area contributed by atoms with Crippen LogP contribution in [0.2, 0.25) is 0 Å². The summed E-state index contributed by atoms with van der Waals surface area (Å²) in [5, 5.41) is 8.77. The number of methoxy groups -OCH3 is 1. The summed E-state index contributed by atoms with van der Waals surface area (Å²) >= 11 is 0. The van der Waals surface area contributed by atoms with Crippen LogP contribution in [-0.2, 0) is 16.1 Å².